The maximum absolute atomic E-state index is 12.2. The number of nitrogens with zero attached hydrogens (tertiary/aromatic N) is 1. The van der Waals surface area contributed by atoms with Gasteiger partial charge in [-0.05, 0) is 54.4 Å². The number of hydrogen-bond acceptors (Lipinski definition) is 5. The minimum absolute atomic E-state index is 0. The lowest BCUT2D eigenvalue weighted by Crippen LogP contribution is -2.57. The van der Waals surface area contributed by atoms with Crippen molar-refractivity contribution in [2.45, 2.75) is 84.1 Å². The van der Waals surface area contributed by atoms with Gasteiger partial charge in [0.25, 0.3) is 0 Å². The van der Waals surface area contributed by atoms with Crippen LogP contribution in [0.15, 0.2) is 4.99 Å². The summed E-state index contributed by atoms with van der Waals surface area (Å²) in [5.41, 5.74) is -1.07. The lowest BCUT2D eigenvalue weighted by Gasteiger charge is -2.34. The zero-order valence-corrected chi connectivity index (χ0v) is 22.6. The molecule has 29 heavy (non-hydrogen) atoms. The second kappa shape index (κ2) is 12.2. The summed E-state index contributed by atoms with van der Waals surface area (Å²) < 4.78 is 29.0. The number of hydrogen-bond donors (Lipinski definition) is 3. The molecule has 0 spiro atoms. The molecule has 0 radical (unpaired) electrons. The molecule has 0 atom stereocenters. The highest BCUT2D eigenvalue weighted by Gasteiger charge is 2.31. The number of sulfone groups is 1. The Morgan fingerprint density at radius 1 is 1.00 bits per heavy atom. The summed E-state index contributed by atoms with van der Waals surface area (Å²) in [6.45, 7) is 15.2. The highest BCUT2D eigenvalue weighted by molar-refractivity contribution is 14.0. The third-order valence-electron chi connectivity index (χ3n) is 4.53. The number of aliphatic imine (C=N–C) groups is 1. The Kier molecular flexibility index (Phi) is 12.8. The highest BCUT2D eigenvalue weighted by Crippen LogP contribution is 2.17. The van der Waals surface area contributed by atoms with E-state index < -0.39 is 31.8 Å². The van der Waals surface area contributed by atoms with E-state index in [9.17, 15) is 13.2 Å². The third-order valence-corrected chi connectivity index (χ3v) is 7.14. The molecule has 0 unspecified atom stereocenters. The van der Waals surface area contributed by atoms with Crippen LogP contribution >= 0.6 is 24.0 Å². The number of alkyl carbamates (subject to hydrolysis) is 1. The number of rotatable bonds is 8. The Bertz CT molecular complexity index is 634. The molecular weight excluding hydrogens is 507 g/mol. The molecule has 0 bridgehead atoms. The second-order valence-electron chi connectivity index (χ2n) is 8.90. The van der Waals surface area contributed by atoms with E-state index in [0.717, 1.165) is 0 Å². The Morgan fingerprint density at radius 3 is 1.90 bits per heavy atom. The van der Waals surface area contributed by atoms with Gasteiger partial charge in [-0.25, -0.2) is 13.2 Å². The van der Waals surface area contributed by atoms with Crippen molar-refractivity contribution in [2.24, 2.45) is 4.99 Å². The van der Waals surface area contributed by atoms with Gasteiger partial charge in [-0.1, -0.05) is 13.8 Å². The maximum atomic E-state index is 12.2. The average Bonchev–Trinajstić information content (AvgIpc) is 2.53. The quantitative estimate of drug-likeness (QED) is 0.245. The van der Waals surface area contributed by atoms with Crippen molar-refractivity contribution in [1.29, 1.82) is 0 Å². The van der Waals surface area contributed by atoms with Crippen molar-refractivity contribution in [3.05, 3.63) is 0 Å². The van der Waals surface area contributed by atoms with Crippen molar-refractivity contribution in [3.8, 4) is 0 Å². The van der Waals surface area contributed by atoms with E-state index >= 15 is 0 Å². The van der Waals surface area contributed by atoms with Gasteiger partial charge in [0, 0.05) is 20.1 Å². The lowest BCUT2D eigenvalue weighted by molar-refractivity contribution is 0.0448. The predicted molar refractivity (Wildman–Crippen MR) is 131 cm³/mol. The minimum Gasteiger partial charge on any atom is -0.444 e. The van der Waals surface area contributed by atoms with Crippen molar-refractivity contribution in [3.63, 3.8) is 0 Å². The van der Waals surface area contributed by atoms with Crippen LogP contribution in [0.3, 0.4) is 0 Å². The summed E-state index contributed by atoms with van der Waals surface area (Å²) in [4.78, 5) is 16.3. The van der Waals surface area contributed by atoms with E-state index in [2.05, 4.69) is 20.9 Å². The largest absolute Gasteiger partial charge is 0.444 e. The number of nitrogens with one attached hydrogen (secondary N) is 3. The minimum atomic E-state index is -3.21. The van der Waals surface area contributed by atoms with E-state index in [1.165, 1.54) is 0 Å². The van der Waals surface area contributed by atoms with Crippen LogP contribution in [0.4, 0.5) is 4.79 Å². The molecule has 0 aromatic rings. The van der Waals surface area contributed by atoms with Gasteiger partial charge in [-0.2, -0.15) is 0 Å². The Hall–Kier alpha value is -0.780. The van der Waals surface area contributed by atoms with E-state index in [0.29, 0.717) is 25.3 Å². The van der Waals surface area contributed by atoms with Gasteiger partial charge >= 0.3 is 6.09 Å². The SMILES string of the molecule is CCC(CC)(CNC(=NC)NCCS(=O)(=O)C(C)(C)C)NC(=O)OC(C)(C)C.I. The number of guanidine groups is 1. The molecule has 0 saturated carbocycles. The van der Waals surface area contributed by atoms with Crippen LogP contribution in [0, 0.1) is 0 Å². The normalized spacial score (nSPS) is 13.3. The summed E-state index contributed by atoms with van der Waals surface area (Å²) >= 11 is 0. The number of carbonyl (C=O) groups is 1. The molecule has 0 heterocycles. The first-order valence-electron chi connectivity index (χ1n) is 9.79. The molecule has 0 aromatic carbocycles. The standard InChI is InChI=1S/C19H40N4O4S.HI/c1-10-19(11-2,23-16(24)27-17(3,4)5)14-22-15(20-9)21-12-13-28(25,26)18(6,7)8;/h10-14H2,1-9H3,(H,23,24)(H2,20,21,22);1H. The van der Waals surface area contributed by atoms with Gasteiger partial charge in [0.05, 0.1) is 16.0 Å². The fraction of sp³-hybridized carbons (Fsp3) is 0.895. The second-order valence-corrected chi connectivity index (χ2v) is 11.8. The first kappa shape index (κ1) is 30.4. The first-order chi connectivity index (χ1) is 12.6. The summed E-state index contributed by atoms with van der Waals surface area (Å²) in [5.74, 6) is 0.501. The third kappa shape index (κ3) is 11.3. The molecule has 0 saturated heterocycles. The molecule has 3 N–H and O–H groups in total. The van der Waals surface area contributed by atoms with E-state index in [4.69, 9.17) is 4.74 Å². The summed E-state index contributed by atoms with van der Waals surface area (Å²) in [6, 6.07) is 0. The number of carbonyl (C=O) groups excluding carboxylic acids is 1. The number of halogens is 1. The molecule has 0 aliphatic rings. The predicted octanol–water partition coefficient (Wildman–Crippen LogP) is 3.07. The maximum Gasteiger partial charge on any atom is 0.408 e. The molecular formula is C19H41IN4O4S. The van der Waals surface area contributed by atoms with Crippen molar-refractivity contribution >= 4 is 45.9 Å². The van der Waals surface area contributed by atoms with Gasteiger partial charge in [0.1, 0.15) is 5.60 Å². The number of amides is 1. The van der Waals surface area contributed by atoms with Crippen molar-refractivity contribution < 1.29 is 17.9 Å². The van der Waals surface area contributed by atoms with Crippen molar-refractivity contribution in [2.75, 3.05) is 25.9 Å². The molecule has 0 fully saturated rings. The lowest BCUT2D eigenvalue weighted by atomic mass is 9.93. The fourth-order valence-corrected chi connectivity index (χ4v) is 3.31. The molecule has 10 heteroatoms. The summed E-state index contributed by atoms with van der Waals surface area (Å²) in [6.07, 6.45) is 0.938. The summed E-state index contributed by atoms with van der Waals surface area (Å²) in [7, 11) is -1.59. The Morgan fingerprint density at radius 2 is 1.52 bits per heavy atom. The zero-order valence-electron chi connectivity index (χ0n) is 19.4. The van der Waals surface area contributed by atoms with Gasteiger partial charge in [0.2, 0.25) is 0 Å². The van der Waals surface area contributed by atoms with Gasteiger partial charge in [-0.3, -0.25) is 4.99 Å². The monoisotopic (exact) mass is 548 g/mol. The van der Waals surface area contributed by atoms with Gasteiger partial charge < -0.3 is 20.7 Å². The van der Waals surface area contributed by atoms with Crippen LogP contribution in [0.2, 0.25) is 0 Å². The molecule has 174 valence electrons. The van der Waals surface area contributed by atoms with Crippen LogP contribution in [-0.2, 0) is 14.6 Å². The van der Waals surface area contributed by atoms with Crippen LogP contribution in [-0.4, -0.2) is 62.2 Å². The van der Waals surface area contributed by atoms with Crippen LogP contribution in [0.1, 0.15) is 68.2 Å². The van der Waals surface area contributed by atoms with E-state index in [-0.39, 0.29) is 36.3 Å². The summed E-state index contributed by atoms with van der Waals surface area (Å²) in [5, 5.41) is 9.17. The Labute approximate surface area is 194 Å². The van der Waals surface area contributed by atoms with Crippen LogP contribution in [0.5, 0.6) is 0 Å². The highest BCUT2D eigenvalue weighted by atomic mass is 127. The van der Waals surface area contributed by atoms with E-state index in [1.807, 2.05) is 34.6 Å². The fourth-order valence-electron chi connectivity index (χ4n) is 2.32. The smallest absolute Gasteiger partial charge is 0.408 e. The molecule has 0 aliphatic heterocycles. The Balaban J connectivity index is 0. The number of ether oxygens (including phenoxy) is 1. The van der Waals surface area contributed by atoms with Crippen molar-refractivity contribution in [1.82, 2.24) is 16.0 Å². The molecule has 1 amide bonds. The first-order valence-corrected chi connectivity index (χ1v) is 11.4. The average molecular weight is 549 g/mol. The van der Waals surface area contributed by atoms with Crippen LogP contribution in [0.25, 0.3) is 0 Å². The van der Waals surface area contributed by atoms with Gasteiger partial charge in [0.15, 0.2) is 15.8 Å². The topological polar surface area (TPSA) is 109 Å². The molecule has 8 nitrogen and oxygen atoms in total. The van der Waals surface area contributed by atoms with Gasteiger partial charge in [-0.15, -0.1) is 24.0 Å². The zero-order chi connectivity index (χ0) is 22.2. The molecule has 0 rings (SSSR count). The molecule has 0 aliphatic carbocycles. The molecule has 0 aromatic heterocycles. The van der Waals surface area contributed by atoms with E-state index in [1.54, 1.807) is 27.8 Å². The van der Waals surface area contributed by atoms with Crippen LogP contribution < -0.4 is 16.0 Å².